The summed E-state index contributed by atoms with van der Waals surface area (Å²) in [7, 11) is -3.26. The van der Waals surface area contributed by atoms with Gasteiger partial charge in [-0.3, -0.25) is 5.10 Å². The molecule has 2 aromatic carbocycles. The molecule has 32 heavy (non-hydrogen) atoms. The number of sulfone groups is 1. The maximum atomic E-state index is 11.8. The lowest BCUT2D eigenvalue weighted by Gasteiger charge is -2.27. The Morgan fingerprint density at radius 1 is 1.03 bits per heavy atom. The van der Waals surface area contributed by atoms with Crippen LogP contribution in [-0.4, -0.2) is 61.1 Å². The van der Waals surface area contributed by atoms with Gasteiger partial charge in [0.25, 0.3) is 0 Å². The number of nitrogens with one attached hydrogen (secondary N) is 2. The fraction of sp³-hybridized carbons (Fsp3) is 0.227. The Bertz CT molecular complexity index is 1360. The first kappa shape index (κ1) is 20.4. The Hall–Kier alpha value is -3.50. The maximum absolute atomic E-state index is 11.8. The van der Waals surface area contributed by atoms with Crippen LogP contribution in [-0.2, 0) is 14.6 Å². The molecule has 1 aliphatic heterocycles. The summed E-state index contributed by atoms with van der Waals surface area (Å²) >= 11 is 0. The molecule has 1 aliphatic rings. The van der Waals surface area contributed by atoms with E-state index in [1.54, 1.807) is 30.5 Å². The van der Waals surface area contributed by atoms with Gasteiger partial charge in [0.15, 0.2) is 9.84 Å². The molecule has 2 aromatic heterocycles. The van der Waals surface area contributed by atoms with Crippen LogP contribution in [0.25, 0.3) is 22.2 Å². The molecule has 164 valence electrons. The van der Waals surface area contributed by atoms with Crippen molar-refractivity contribution >= 4 is 38.2 Å². The van der Waals surface area contributed by atoms with E-state index in [0.29, 0.717) is 43.8 Å². The Morgan fingerprint density at radius 2 is 1.81 bits per heavy atom. The number of aromatic nitrogens is 4. The van der Waals surface area contributed by atoms with E-state index in [9.17, 15) is 8.42 Å². The van der Waals surface area contributed by atoms with Crippen LogP contribution in [0.3, 0.4) is 0 Å². The van der Waals surface area contributed by atoms with Crippen LogP contribution in [0.5, 0.6) is 0 Å². The molecule has 0 unspecified atom stereocenters. The Kier molecular flexibility index (Phi) is 5.24. The number of ether oxygens (including phenoxy) is 1. The molecule has 0 amide bonds. The highest BCUT2D eigenvalue weighted by Crippen LogP contribution is 2.27. The molecule has 0 spiro atoms. The molecule has 0 radical (unpaired) electrons. The molecule has 9 nitrogen and oxygen atoms in total. The highest BCUT2D eigenvalue weighted by atomic mass is 32.2. The number of morpholine rings is 1. The summed E-state index contributed by atoms with van der Waals surface area (Å²) in [6.45, 7) is 2.65. The zero-order chi connectivity index (χ0) is 22.1. The third-order valence-electron chi connectivity index (χ3n) is 5.30. The van der Waals surface area contributed by atoms with Crippen molar-refractivity contribution in [2.24, 2.45) is 0 Å². The molecular formula is C22H22N6O3S. The number of hydrogen-bond acceptors (Lipinski definition) is 8. The minimum absolute atomic E-state index is 0.274. The van der Waals surface area contributed by atoms with Crippen LogP contribution in [0, 0.1) is 0 Å². The van der Waals surface area contributed by atoms with Crippen molar-refractivity contribution < 1.29 is 13.2 Å². The van der Waals surface area contributed by atoms with E-state index in [1.165, 1.54) is 6.26 Å². The third kappa shape index (κ3) is 4.27. The summed E-state index contributed by atoms with van der Waals surface area (Å²) in [6, 6.07) is 14.5. The predicted molar refractivity (Wildman–Crippen MR) is 123 cm³/mol. The molecule has 0 bridgehead atoms. The van der Waals surface area contributed by atoms with Gasteiger partial charge in [-0.25, -0.2) is 13.4 Å². The van der Waals surface area contributed by atoms with Gasteiger partial charge in [-0.15, -0.1) is 0 Å². The normalized spacial score (nSPS) is 14.6. The average Bonchev–Trinajstić information content (AvgIpc) is 3.27. The molecule has 3 heterocycles. The van der Waals surface area contributed by atoms with E-state index >= 15 is 0 Å². The van der Waals surface area contributed by atoms with Gasteiger partial charge < -0.3 is 15.0 Å². The predicted octanol–water partition coefficient (Wildman–Crippen LogP) is 3.00. The Balaban J connectivity index is 1.53. The SMILES string of the molecule is CS(=O)(=O)c1ccc(-c2cc(Nc3ccc4[nH]ncc4c3)nc(N3CCOCC3)n2)cc1. The fourth-order valence-electron chi connectivity index (χ4n) is 3.59. The van der Waals surface area contributed by atoms with Crippen molar-refractivity contribution in [3.05, 3.63) is 54.7 Å². The fourth-order valence-corrected chi connectivity index (χ4v) is 4.22. The largest absolute Gasteiger partial charge is 0.378 e. The second kappa shape index (κ2) is 8.21. The van der Waals surface area contributed by atoms with Crippen LogP contribution in [0.2, 0.25) is 0 Å². The summed E-state index contributed by atoms with van der Waals surface area (Å²) in [5.74, 6) is 1.25. The second-order valence-corrected chi connectivity index (χ2v) is 9.65. The minimum atomic E-state index is -3.26. The number of benzene rings is 2. The van der Waals surface area contributed by atoms with Gasteiger partial charge in [0, 0.05) is 42.0 Å². The number of rotatable bonds is 5. The summed E-state index contributed by atoms with van der Waals surface area (Å²) in [5, 5.41) is 11.4. The number of H-pyrrole nitrogens is 1. The van der Waals surface area contributed by atoms with Gasteiger partial charge in [-0.1, -0.05) is 12.1 Å². The summed E-state index contributed by atoms with van der Waals surface area (Å²) in [6.07, 6.45) is 2.97. The van der Waals surface area contributed by atoms with Crippen molar-refractivity contribution in [3.8, 4) is 11.3 Å². The van der Waals surface area contributed by atoms with Crippen LogP contribution in [0.1, 0.15) is 0 Å². The lowest BCUT2D eigenvalue weighted by molar-refractivity contribution is 0.122. The van der Waals surface area contributed by atoms with E-state index in [0.717, 1.165) is 22.2 Å². The molecular weight excluding hydrogens is 428 g/mol. The van der Waals surface area contributed by atoms with E-state index in [2.05, 4.69) is 20.4 Å². The molecule has 0 aliphatic carbocycles. The van der Waals surface area contributed by atoms with Crippen LogP contribution >= 0.6 is 0 Å². The first-order valence-corrected chi connectivity index (χ1v) is 12.1. The number of aromatic amines is 1. The smallest absolute Gasteiger partial charge is 0.228 e. The number of fused-ring (bicyclic) bond motifs is 1. The Labute approximate surface area is 185 Å². The van der Waals surface area contributed by atoms with Gasteiger partial charge in [0.2, 0.25) is 5.95 Å². The van der Waals surface area contributed by atoms with Gasteiger partial charge in [0.1, 0.15) is 5.82 Å². The zero-order valence-electron chi connectivity index (χ0n) is 17.4. The summed E-state index contributed by atoms with van der Waals surface area (Å²) in [4.78, 5) is 11.8. The van der Waals surface area contributed by atoms with Gasteiger partial charge in [-0.2, -0.15) is 10.1 Å². The highest BCUT2D eigenvalue weighted by molar-refractivity contribution is 7.90. The van der Waals surface area contributed by atoms with Crippen LogP contribution in [0.4, 0.5) is 17.5 Å². The molecule has 5 rings (SSSR count). The first-order valence-electron chi connectivity index (χ1n) is 10.2. The van der Waals surface area contributed by atoms with Crippen molar-refractivity contribution in [1.29, 1.82) is 0 Å². The third-order valence-corrected chi connectivity index (χ3v) is 6.43. The number of nitrogens with zero attached hydrogens (tertiary/aromatic N) is 4. The highest BCUT2D eigenvalue weighted by Gasteiger charge is 2.17. The van der Waals surface area contributed by atoms with Crippen molar-refractivity contribution in [2.45, 2.75) is 4.90 Å². The molecule has 1 saturated heterocycles. The van der Waals surface area contributed by atoms with Crippen molar-refractivity contribution in [1.82, 2.24) is 20.2 Å². The van der Waals surface area contributed by atoms with Crippen molar-refractivity contribution in [3.63, 3.8) is 0 Å². The molecule has 1 fully saturated rings. The second-order valence-electron chi connectivity index (χ2n) is 7.63. The molecule has 2 N–H and O–H groups in total. The van der Waals surface area contributed by atoms with E-state index < -0.39 is 9.84 Å². The van der Waals surface area contributed by atoms with E-state index in [1.807, 2.05) is 24.3 Å². The van der Waals surface area contributed by atoms with Crippen LogP contribution < -0.4 is 10.2 Å². The number of hydrogen-bond donors (Lipinski definition) is 2. The first-order chi connectivity index (χ1) is 15.5. The average molecular weight is 451 g/mol. The lowest BCUT2D eigenvalue weighted by Crippen LogP contribution is -2.37. The molecule has 10 heteroatoms. The zero-order valence-corrected chi connectivity index (χ0v) is 18.3. The summed E-state index contributed by atoms with van der Waals surface area (Å²) < 4.78 is 29.1. The summed E-state index contributed by atoms with van der Waals surface area (Å²) in [5.41, 5.74) is 3.35. The van der Waals surface area contributed by atoms with Gasteiger partial charge >= 0.3 is 0 Å². The number of anilines is 3. The lowest BCUT2D eigenvalue weighted by atomic mass is 10.1. The quantitative estimate of drug-likeness (QED) is 0.477. The van der Waals surface area contributed by atoms with Crippen molar-refractivity contribution in [2.75, 3.05) is 42.8 Å². The van der Waals surface area contributed by atoms with Crippen LogP contribution in [0.15, 0.2) is 59.6 Å². The van der Waals surface area contributed by atoms with E-state index in [-0.39, 0.29) is 4.90 Å². The Morgan fingerprint density at radius 3 is 2.56 bits per heavy atom. The van der Waals surface area contributed by atoms with E-state index in [4.69, 9.17) is 14.7 Å². The molecule has 0 atom stereocenters. The standard InChI is InChI=1S/C22H22N6O3S/c1-32(29,30)18-5-2-15(3-6-18)20-13-21(26-22(25-20)28-8-10-31-11-9-28)24-17-4-7-19-16(12-17)14-23-27-19/h2-7,12-14H,8-11H2,1H3,(H,23,27)(H,24,25,26). The van der Waals surface area contributed by atoms with Gasteiger partial charge in [0.05, 0.1) is 35.5 Å². The monoisotopic (exact) mass is 450 g/mol. The topological polar surface area (TPSA) is 113 Å². The van der Waals surface area contributed by atoms with Gasteiger partial charge in [-0.05, 0) is 30.3 Å². The molecule has 4 aromatic rings. The minimum Gasteiger partial charge on any atom is -0.378 e. The maximum Gasteiger partial charge on any atom is 0.228 e. The molecule has 0 saturated carbocycles.